The molecular weight excluding hydrogens is 398 g/mol. The van der Waals surface area contributed by atoms with E-state index in [-0.39, 0.29) is 5.56 Å². The van der Waals surface area contributed by atoms with Gasteiger partial charge in [0.05, 0.1) is 11.1 Å². The van der Waals surface area contributed by atoms with E-state index in [1.807, 2.05) is 23.6 Å². The Labute approximate surface area is 159 Å². The molecule has 10 heteroatoms. The van der Waals surface area contributed by atoms with Crippen LogP contribution in [0.2, 0.25) is 5.02 Å². The van der Waals surface area contributed by atoms with Gasteiger partial charge in [-0.05, 0) is 6.07 Å². The monoisotopic (exact) mass is 407 g/mol. The van der Waals surface area contributed by atoms with Gasteiger partial charge in [0.2, 0.25) is 5.13 Å². The number of nitrogen functional groups attached to an aromatic ring is 1. The number of benzene rings is 1. The molecule has 4 aromatic rings. The van der Waals surface area contributed by atoms with E-state index in [1.165, 1.54) is 34.4 Å². The Bertz CT molecular complexity index is 1120. The molecule has 3 heterocycles. The molecule has 0 bridgehead atoms. The number of aromatic nitrogens is 4. The lowest BCUT2D eigenvalue weighted by Crippen LogP contribution is -2.10. The molecule has 3 N–H and O–H groups in total. The summed E-state index contributed by atoms with van der Waals surface area (Å²) in [6.07, 6.45) is 0. The number of H-pyrrole nitrogens is 1. The number of thiophene rings is 1. The molecule has 0 fully saturated rings. The first-order valence-corrected chi connectivity index (χ1v) is 10.1. The minimum absolute atomic E-state index is 0.173. The van der Waals surface area contributed by atoms with E-state index in [0.717, 1.165) is 15.5 Å². The Kier molecular flexibility index (Phi) is 4.46. The quantitative estimate of drug-likeness (QED) is 0.495. The Balaban J connectivity index is 1.70. The lowest BCUT2D eigenvalue weighted by atomic mass is 10.1. The van der Waals surface area contributed by atoms with Crippen molar-refractivity contribution in [2.24, 2.45) is 0 Å². The number of anilines is 1. The Morgan fingerprint density at radius 2 is 2.08 bits per heavy atom. The van der Waals surface area contributed by atoms with Gasteiger partial charge in [0.15, 0.2) is 4.34 Å². The average Bonchev–Trinajstić information content (AvgIpc) is 3.20. The fraction of sp³-hybridized carbons (Fsp3) is 0.0667. The van der Waals surface area contributed by atoms with Crippen molar-refractivity contribution >= 4 is 61.4 Å². The molecule has 0 aliphatic heterocycles. The van der Waals surface area contributed by atoms with E-state index in [2.05, 4.69) is 20.2 Å². The van der Waals surface area contributed by atoms with Gasteiger partial charge in [0.25, 0.3) is 5.56 Å². The van der Waals surface area contributed by atoms with Crippen LogP contribution < -0.4 is 11.3 Å². The SMILES string of the molecule is Nc1nnc(SCc2nc3scc(-c4ccccc4Cl)c3c(=O)[nH]2)s1. The highest BCUT2D eigenvalue weighted by atomic mass is 35.5. The van der Waals surface area contributed by atoms with Crippen molar-refractivity contribution in [3.63, 3.8) is 0 Å². The summed E-state index contributed by atoms with van der Waals surface area (Å²) in [5, 5.41) is 11.2. The molecule has 0 atom stereocenters. The van der Waals surface area contributed by atoms with Gasteiger partial charge >= 0.3 is 0 Å². The van der Waals surface area contributed by atoms with E-state index in [0.29, 0.717) is 31.9 Å². The highest BCUT2D eigenvalue weighted by Gasteiger charge is 2.15. The summed E-state index contributed by atoms with van der Waals surface area (Å²) < 4.78 is 0.739. The number of rotatable bonds is 4. The first kappa shape index (κ1) is 16.5. The van der Waals surface area contributed by atoms with Crippen LogP contribution in [-0.2, 0) is 5.75 Å². The lowest BCUT2D eigenvalue weighted by molar-refractivity contribution is 1.01. The van der Waals surface area contributed by atoms with Gasteiger partial charge in [-0.25, -0.2) is 4.98 Å². The minimum atomic E-state index is -0.173. The van der Waals surface area contributed by atoms with Crippen LogP contribution in [0.15, 0.2) is 38.8 Å². The van der Waals surface area contributed by atoms with Gasteiger partial charge in [-0.3, -0.25) is 4.79 Å². The smallest absolute Gasteiger partial charge is 0.260 e. The minimum Gasteiger partial charge on any atom is -0.374 e. The molecule has 0 spiro atoms. The number of halogens is 1. The highest BCUT2D eigenvalue weighted by Crippen LogP contribution is 2.35. The number of nitrogens with two attached hydrogens (primary N) is 1. The second-order valence-corrected chi connectivity index (χ2v) is 8.51. The van der Waals surface area contributed by atoms with Crippen LogP contribution in [0.3, 0.4) is 0 Å². The normalized spacial score (nSPS) is 11.2. The Morgan fingerprint density at radius 1 is 1.24 bits per heavy atom. The van der Waals surface area contributed by atoms with Crippen LogP contribution in [0.1, 0.15) is 5.82 Å². The molecule has 0 saturated heterocycles. The maximum atomic E-state index is 12.6. The van der Waals surface area contributed by atoms with Gasteiger partial charge in [-0.1, -0.05) is 52.9 Å². The van der Waals surface area contributed by atoms with E-state index < -0.39 is 0 Å². The summed E-state index contributed by atoms with van der Waals surface area (Å²) in [7, 11) is 0. The molecule has 1 aromatic carbocycles. The van der Waals surface area contributed by atoms with Crippen molar-refractivity contribution in [2.75, 3.05) is 5.73 Å². The maximum Gasteiger partial charge on any atom is 0.260 e. The molecule has 0 unspecified atom stereocenters. The molecule has 3 aromatic heterocycles. The topological polar surface area (TPSA) is 97.5 Å². The largest absolute Gasteiger partial charge is 0.374 e. The number of hydrogen-bond acceptors (Lipinski definition) is 8. The number of nitrogens with one attached hydrogen (secondary N) is 1. The van der Waals surface area contributed by atoms with E-state index in [1.54, 1.807) is 6.07 Å². The molecule has 0 aliphatic carbocycles. The third-order valence-corrected chi connectivity index (χ3v) is 6.51. The summed E-state index contributed by atoms with van der Waals surface area (Å²) in [5.41, 5.74) is 7.02. The van der Waals surface area contributed by atoms with Crippen LogP contribution in [0.5, 0.6) is 0 Å². The summed E-state index contributed by atoms with van der Waals surface area (Å²) in [6.45, 7) is 0. The maximum absolute atomic E-state index is 12.6. The van der Waals surface area contributed by atoms with Gasteiger partial charge < -0.3 is 10.7 Å². The first-order valence-electron chi connectivity index (χ1n) is 7.09. The standard InChI is InChI=1S/C15H10ClN5OS3/c16-9-4-2-1-3-7(9)8-5-23-13-11(8)12(22)18-10(19-13)6-24-15-21-20-14(17)25-15/h1-5H,6H2,(H2,17,20)(H,18,19,22). The summed E-state index contributed by atoms with van der Waals surface area (Å²) in [6, 6.07) is 7.46. The molecule has 0 saturated carbocycles. The molecule has 25 heavy (non-hydrogen) atoms. The van der Waals surface area contributed by atoms with Crippen molar-refractivity contribution < 1.29 is 0 Å². The number of aromatic amines is 1. The zero-order valence-electron chi connectivity index (χ0n) is 12.5. The second kappa shape index (κ2) is 6.75. The van der Waals surface area contributed by atoms with Gasteiger partial charge in [-0.15, -0.1) is 21.5 Å². The van der Waals surface area contributed by atoms with Gasteiger partial charge in [0.1, 0.15) is 10.7 Å². The van der Waals surface area contributed by atoms with Crippen molar-refractivity contribution in [1.82, 2.24) is 20.2 Å². The van der Waals surface area contributed by atoms with Crippen molar-refractivity contribution in [1.29, 1.82) is 0 Å². The van der Waals surface area contributed by atoms with E-state index >= 15 is 0 Å². The molecule has 4 rings (SSSR count). The summed E-state index contributed by atoms with van der Waals surface area (Å²) in [5.74, 6) is 1.07. The molecule has 6 nitrogen and oxygen atoms in total. The number of nitrogens with zero attached hydrogens (tertiary/aromatic N) is 3. The second-order valence-electron chi connectivity index (χ2n) is 5.02. The Hall–Kier alpha value is -1.94. The molecular formula is C15H10ClN5OS3. The van der Waals surface area contributed by atoms with Crippen molar-refractivity contribution in [3.8, 4) is 11.1 Å². The summed E-state index contributed by atoms with van der Waals surface area (Å²) in [4.78, 5) is 20.7. The Morgan fingerprint density at radius 3 is 2.84 bits per heavy atom. The highest BCUT2D eigenvalue weighted by molar-refractivity contribution is 8.00. The zero-order chi connectivity index (χ0) is 17.4. The van der Waals surface area contributed by atoms with Gasteiger partial charge in [-0.2, -0.15) is 0 Å². The van der Waals surface area contributed by atoms with Gasteiger partial charge in [0, 0.05) is 21.5 Å². The van der Waals surface area contributed by atoms with Crippen LogP contribution in [0.4, 0.5) is 5.13 Å². The number of fused-ring (bicyclic) bond motifs is 1. The van der Waals surface area contributed by atoms with Crippen molar-refractivity contribution in [3.05, 3.63) is 50.8 Å². The predicted molar refractivity (Wildman–Crippen MR) is 105 cm³/mol. The third kappa shape index (κ3) is 3.28. The number of hydrogen-bond donors (Lipinski definition) is 2. The van der Waals surface area contributed by atoms with Crippen LogP contribution in [0, 0.1) is 0 Å². The van der Waals surface area contributed by atoms with E-state index in [9.17, 15) is 4.79 Å². The third-order valence-electron chi connectivity index (χ3n) is 3.41. The predicted octanol–water partition coefficient (Wildman–Crippen LogP) is 4.03. The van der Waals surface area contributed by atoms with Crippen LogP contribution >= 0.6 is 46.0 Å². The van der Waals surface area contributed by atoms with Crippen LogP contribution in [0.25, 0.3) is 21.3 Å². The zero-order valence-corrected chi connectivity index (χ0v) is 15.7. The summed E-state index contributed by atoms with van der Waals surface area (Å²) >= 11 is 10.4. The molecule has 0 amide bonds. The van der Waals surface area contributed by atoms with Crippen LogP contribution in [-0.4, -0.2) is 20.2 Å². The fourth-order valence-electron chi connectivity index (χ4n) is 2.35. The molecule has 126 valence electrons. The lowest BCUT2D eigenvalue weighted by Gasteiger charge is -2.03. The first-order chi connectivity index (χ1) is 12.1. The van der Waals surface area contributed by atoms with Crippen molar-refractivity contribution in [2.45, 2.75) is 10.1 Å². The number of thioether (sulfide) groups is 1. The molecule has 0 radical (unpaired) electrons. The molecule has 0 aliphatic rings. The van der Waals surface area contributed by atoms with E-state index in [4.69, 9.17) is 17.3 Å². The average molecular weight is 408 g/mol. The fourth-order valence-corrected chi connectivity index (χ4v) is 5.05.